The van der Waals surface area contributed by atoms with Crippen LogP contribution in [-0.2, 0) is 5.41 Å². The van der Waals surface area contributed by atoms with E-state index in [9.17, 15) is 5.11 Å². The molecule has 0 aliphatic heterocycles. The molecule has 1 aromatic heterocycles. The first kappa shape index (κ1) is 11.6. The van der Waals surface area contributed by atoms with Gasteiger partial charge in [0.2, 0.25) is 0 Å². The molecule has 1 fully saturated rings. The Hall–Kier alpha value is -0.830. The zero-order chi connectivity index (χ0) is 11.8. The van der Waals surface area contributed by atoms with Crippen molar-refractivity contribution in [2.45, 2.75) is 64.0 Å². The van der Waals surface area contributed by atoms with Crippen molar-refractivity contribution in [1.29, 1.82) is 0 Å². The van der Waals surface area contributed by atoms with Crippen molar-refractivity contribution in [3.05, 3.63) is 18.0 Å². The third-order valence-electron chi connectivity index (χ3n) is 3.41. The lowest BCUT2D eigenvalue weighted by molar-refractivity contribution is 0.0690. The first-order valence-corrected chi connectivity index (χ1v) is 6.22. The first-order chi connectivity index (χ1) is 7.48. The molecule has 0 bridgehead atoms. The van der Waals surface area contributed by atoms with Gasteiger partial charge in [0, 0.05) is 11.6 Å². The summed E-state index contributed by atoms with van der Waals surface area (Å²) in [4.78, 5) is 0. The van der Waals surface area contributed by atoms with Crippen molar-refractivity contribution in [2.24, 2.45) is 0 Å². The zero-order valence-corrected chi connectivity index (χ0v) is 10.5. The van der Waals surface area contributed by atoms with Crippen molar-refractivity contribution in [1.82, 2.24) is 9.78 Å². The summed E-state index contributed by atoms with van der Waals surface area (Å²) in [6.45, 7) is 6.49. The highest BCUT2D eigenvalue weighted by Gasteiger charge is 2.26. The van der Waals surface area contributed by atoms with E-state index in [1.54, 1.807) is 0 Å². The van der Waals surface area contributed by atoms with Crippen LogP contribution < -0.4 is 0 Å². The van der Waals surface area contributed by atoms with Crippen LogP contribution in [0.15, 0.2) is 12.3 Å². The van der Waals surface area contributed by atoms with Crippen LogP contribution in [0.5, 0.6) is 0 Å². The molecule has 2 rings (SSSR count). The van der Waals surface area contributed by atoms with E-state index in [1.165, 1.54) is 6.42 Å². The van der Waals surface area contributed by atoms with Crippen LogP contribution in [-0.4, -0.2) is 21.0 Å². The van der Waals surface area contributed by atoms with Gasteiger partial charge >= 0.3 is 0 Å². The van der Waals surface area contributed by atoms with E-state index in [-0.39, 0.29) is 17.6 Å². The van der Waals surface area contributed by atoms with Crippen LogP contribution in [0.4, 0.5) is 0 Å². The molecule has 1 aliphatic carbocycles. The van der Waals surface area contributed by atoms with Crippen molar-refractivity contribution in [2.75, 3.05) is 0 Å². The summed E-state index contributed by atoms with van der Waals surface area (Å²) in [5, 5.41) is 14.6. The smallest absolute Gasteiger partial charge is 0.0778 e. The van der Waals surface area contributed by atoms with Gasteiger partial charge in [-0.25, -0.2) is 0 Å². The second-order valence-electron chi connectivity index (χ2n) is 5.85. The standard InChI is InChI=1S/C13H22N2O/c1-13(2,3)12-8-9-15(14-12)10-6-4-5-7-11(10)16/h8-11,16H,4-7H2,1-3H3/t10-,11-/m1/s1. The van der Waals surface area contributed by atoms with Crippen LogP contribution in [0, 0.1) is 0 Å². The fraction of sp³-hybridized carbons (Fsp3) is 0.769. The largest absolute Gasteiger partial charge is 0.391 e. The summed E-state index contributed by atoms with van der Waals surface area (Å²) in [5.41, 5.74) is 1.19. The van der Waals surface area contributed by atoms with E-state index < -0.39 is 0 Å². The van der Waals surface area contributed by atoms with E-state index in [1.807, 2.05) is 10.9 Å². The SMILES string of the molecule is CC(C)(C)c1ccn([C@@H]2CCCC[C@H]2O)n1. The highest BCUT2D eigenvalue weighted by atomic mass is 16.3. The summed E-state index contributed by atoms with van der Waals surface area (Å²) in [6, 6.07) is 2.26. The highest BCUT2D eigenvalue weighted by molar-refractivity contribution is 5.11. The molecule has 0 radical (unpaired) electrons. The molecule has 1 heterocycles. The van der Waals surface area contributed by atoms with Crippen LogP contribution in [0.25, 0.3) is 0 Å². The molecule has 0 saturated heterocycles. The molecule has 0 amide bonds. The molecular weight excluding hydrogens is 200 g/mol. The number of aliphatic hydroxyl groups excluding tert-OH is 1. The Labute approximate surface area is 97.5 Å². The normalized spacial score (nSPS) is 27.0. The molecule has 3 heteroatoms. The molecule has 90 valence electrons. The maximum Gasteiger partial charge on any atom is 0.0778 e. The fourth-order valence-electron chi connectivity index (χ4n) is 2.32. The van der Waals surface area contributed by atoms with E-state index in [2.05, 4.69) is 31.9 Å². The van der Waals surface area contributed by atoms with Crippen LogP contribution in [0.2, 0.25) is 0 Å². The Kier molecular flexibility index (Phi) is 3.06. The van der Waals surface area contributed by atoms with Gasteiger partial charge in [-0.2, -0.15) is 5.10 Å². The second-order valence-corrected chi connectivity index (χ2v) is 5.85. The molecule has 1 aliphatic rings. The Morgan fingerprint density at radius 1 is 1.31 bits per heavy atom. The van der Waals surface area contributed by atoms with Crippen molar-refractivity contribution in [3.8, 4) is 0 Å². The lowest BCUT2D eigenvalue weighted by Crippen LogP contribution is -2.28. The number of hydrogen-bond donors (Lipinski definition) is 1. The van der Waals surface area contributed by atoms with Gasteiger partial charge in [-0.05, 0) is 18.9 Å². The maximum absolute atomic E-state index is 9.97. The minimum absolute atomic E-state index is 0.0882. The minimum Gasteiger partial charge on any atom is -0.391 e. The minimum atomic E-state index is -0.221. The molecule has 0 spiro atoms. The number of aliphatic hydroxyl groups is 1. The van der Waals surface area contributed by atoms with E-state index in [4.69, 9.17) is 0 Å². The summed E-state index contributed by atoms with van der Waals surface area (Å²) >= 11 is 0. The quantitative estimate of drug-likeness (QED) is 0.793. The van der Waals surface area contributed by atoms with Gasteiger partial charge in [0.05, 0.1) is 17.8 Å². The van der Waals surface area contributed by atoms with Crippen LogP contribution in [0.1, 0.15) is 58.2 Å². The van der Waals surface area contributed by atoms with Crippen LogP contribution >= 0.6 is 0 Å². The summed E-state index contributed by atoms with van der Waals surface area (Å²) < 4.78 is 1.96. The highest BCUT2D eigenvalue weighted by Crippen LogP contribution is 2.29. The van der Waals surface area contributed by atoms with E-state index in [0.29, 0.717) is 0 Å². The van der Waals surface area contributed by atoms with Crippen LogP contribution in [0.3, 0.4) is 0 Å². The predicted octanol–water partition coefficient (Wildman–Crippen LogP) is 2.66. The summed E-state index contributed by atoms with van der Waals surface area (Å²) in [5.74, 6) is 0. The van der Waals surface area contributed by atoms with Crippen molar-refractivity contribution >= 4 is 0 Å². The third kappa shape index (κ3) is 2.29. The lowest BCUT2D eigenvalue weighted by Gasteiger charge is -2.28. The first-order valence-electron chi connectivity index (χ1n) is 6.22. The molecular formula is C13H22N2O. The van der Waals surface area contributed by atoms with Gasteiger partial charge in [0.15, 0.2) is 0 Å². The second kappa shape index (κ2) is 4.21. The van der Waals surface area contributed by atoms with Gasteiger partial charge < -0.3 is 5.11 Å². The van der Waals surface area contributed by atoms with Crippen molar-refractivity contribution in [3.63, 3.8) is 0 Å². The number of nitrogens with zero attached hydrogens (tertiary/aromatic N) is 2. The summed E-state index contributed by atoms with van der Waals surface area (Å²) in [7, 11) is 0. The molecule has 16 heavy (non-hydrogen) atoms. The molecule has 0 unspecified atom stereocenters. The van der Waals surface area contributed by atoms with Gasteiger partial charge in [0.1, 0.15) is 0 Å². The Bertz CT molecular complexity index is 351. The average Bonchev–Trinajstić information content (AvgIpc) is 2.66. The fourth-order valence-corrected chi connectivity index (χ4v) is 2.32. The topological polar surface area (TPSA) is 38.0 Å². The zero-order valence-electron chi connectivity index (χ0n) is 10.5. The van der Waals surface area contributed by atoms with Gasteiger partial charge in [0.25, 0.3) is 0 Å². The van der Waals surface area contributed by atoms with E-state index >= 15 is 0 Å². The summed E-state index contributed by atoms with van der Waals surface area (Å²) in [6.07, 6.45) is 6.10. The molecule has 1 aromatic rings. The lowest BCUT2D eigenvalue weighted by atomic mass is 9.93. The number of rotatable bonds is 1. The van der Waals surface area contributed by atoms with Gasteiger partial charge in [-0.1, -0.05) is 33.6 Å². The van der Waals surface area contributed by atoms with Gasteiger partial charge in [-0.3, -0.25) is 4.68 Å². The monoisotopic (exact) mass is 222 g/mol. The Morgan fingerprint density at radius 3 is 2.56 bits per heavy atom. The number of aromatic nitrogens is 2. The molecule has 2 atom stereocenters. The predicted molar refractivity (Wildman–Crippen MR) is 64.4 cm³/mol. The number of hydrogen-bond acceptors (Lipinski definition) is 2. The Morgan fingerprint density at radius 2 is 2.00 bits per heavy atom. The molecule has 3 nitrogen and oxygen atoms in total. The molecule has 0 aromatic carbocycles. The van der Waals surface area contributed by atoms with Crippen molar-refractivity contribution < 1.29 is 5.11 Å². The molecule has 1 saturated carbocycles. The Balaban J connectivity index is 2.18. The maximum atomic E-state index is 9.97. The average molecular weight is 222 g/mol. The third-order valence-corrected chi connectivity index (χ3v) is 3.41. The van der Waals surface area contributed by atoms with E-state index in [0.717, 1.165) is 25.0 Å². The molecule has 1 N–H and O–H groups in total. The van der Waals surface area contributed by atoms with Gasteiger partial charge in [-0.15, -0.1) is 0 Å².